The number of hydrogen-bond acceptors (Lipinski definition) is 3. The molecule has 0 unspecified atom stereocenters. The van der Waals surface area contributed by atoms with Crippen LogP contribution in [0.1, 0.15) is 0 Å². The molecule has 0 radical (unpaired) electrons. The summed E-state index contributed by atoms with van der Waals surface area (Å²) >= 11 is 1.41. The molecule has 0 bridgehead atoms. The number of nitro groups is 1. The first-order valence-corrected chi connectivity index (χ1v) is 4.53. The van der Waals surface area contributed by atoms with Gasteiger partial charge in [-0.05, 0) is 6.07 Å². The number of nitrogens with zero attached hydrogens (tertiary/aromatic N) is 1. The first kappa shape index (κ1) is 9.62. The molecule has 0 aromatic heterocycles. The van der Waals surface area contributed by atoms with Gasteiger partial charge in [0.25, 0.3) is 5.69 Å². The summed E-state index contributed by atoms with van der Waals surface area (Å²) in [6.45, 7) is 0. The van der Waals surface area contributed by atoms with E-state index in [1.807, 2.05) is 0 Å². The van der Waals surface area contributed by atoms with E-state index < -0.39 is 4.92 Å². The Labute approximate surface area is 80.3 Å². The van der Waals surface area contributed by atoms with Gasteiger partial charge >= 0.3 is 0 Å². The average Bonchev–Trinajstić information content (AvgIpc) is 2.15. The number of non-ortho nitro benzene ring substituents is 1. The van der Waals surface area contributed by atoms with Crippen LogP contribution in [0.25, 0.3) is 0 Å². The van der Waals surface area contributed by atoms with Gasteiger partial charge in [-0.2, -0.15) is 0 Å². The summed E-state index contributed by atoms with van der Waals surface area (Å²) in [6.07, 6.45) is 5.07. The maximum Gasteiger partial charge on any atom is 0.270 e. The van der Waals surface area contributed by atoms with Crippen molar-refractivity contribution in [2.75, 3.05) is 5.75 Å². The molecule has 0 atom stereocenters. The molecule has 0 aliphatic carbocycles. The SMILES string of the molecule is C#CCSc1cccc([N+](=O)[O-])c1. The predicted molar refractivity (Wildman–Crippen MR) is 52.7 cm³/mol. The van der Waals surface area contributed by atoms with Crippen LogP contribution in [0.4, 0.5) is 5.69 Å². The molecule has 0 aliphatic rings. The second kappa shape index (κ2) is 4.53. The van der Waals surface area contributed by atoms with Gasteiger partial charge < -0.3 is 0 Å². The van der Waals surface area contributed by atoms with Crippen LogP contribution in [0.3, 0.4) is 0 Å². The lowest BCUT2D eigenvalue weighted by Gasteiger charge is -1.96. The zero-order valence-corrected chi connectivity index (χ0v) is 7.58. The van der Waals surface area contributed by atoms with Crippen molar-refractivity contribution < 1.29 is 4.92 Å². The molecule has 0 saturated carbocycles. The van der Waals surface area contributed by atoms with Crippen LogP contribution < -0.4 is 0 Å². The Morgan fingerprint density at radius 3 is 3.00 bits per heavy atom. The number of terminal acetylenes is 1. The topological polar surface area (TPSA) is 43.1 Å². The van der Waals surface area contributed by atoms with Crippen molar-refractivity contribution in [3.63, 3.8) is 0 Å². The summed E-state index contributed by atoms with van der Waals surface area (Å²) in [7, 11) is 0. The summed E-state index contributed by atoms with van der Waals surface area (Å²) in [4.78, 5) is 10.8. The van der Waals surface area contributed by atoms with Crippen molar-refractivity contribution in [3.05, 3.63) is 34.4 Å². The molecule has 4 heteroatoms. The van der Waals surface area contributed by atoms with Gasteiger partial charge in [0.05, 0.1) is 10.7 Å². The van der Waals surface area contributed by atoms with Crippen molar-refractivity contribution in [1.29, 1.82) is 0 Å². The molecule has 3 nitrogen and oxygen atoms in total. The Bertz CT molecular complexity index is 357. The van der Waals surface area contributed by atoms with Crippen molar-refractivity contribution in [2.24, 2.45) is 0 Å². The summed E-state index contributed by atoms with van der Waals surface area (Å²) < 4.78 is 0. The van der Waals surface area contributed by atoms with Crippen LogP contribution in [0.2, 0.25) is 0 Å². The number of rotatable bonds is 3. The van der Waals surface area contributed by atoms with Crippen LogP contribution in [0.15, 0.2) is 29.2 Å². The van der Waals surface area contributed by atoms with Crippen molar-refractivity contribution in [2.45, 2.75) is 4.90 Å². The van der Waals surface area contributed by atoms with Crippen LogP contribution >= 0.6 is 11.8 Å². The summed E-state index contributed by atoms with van der Waals surface area (Å²) in [5, 5.41) is 10.4. The Kier molecular flexibility index (Phi) is 3.35. The van der Waals surface area contributed by atoms with E-state index in [0.29, 0.717) is 5.75 Å². The minimum absolute atomic E-state index is 0.0991. The van der Waals surface area contributed by atoms with Crippen molar-refractivity contribution in [3.8, 4) is 12.3 Å². The number of thioether (sulfide) groups is 1. The maximum atomic E-state index is 10.4. The molecular weight excluding hydrogens is 186 g/mol. The van der Waals surface area contributed by atoms with E-state index in [1.165, 1.54) is 23.9 Å². The largest absolute Gasteiger partial charge is 0.270 e. The Morgan fingerprint density at radius 2 is 2.38 bits per heavy atom. The monoisotopic (exact) mass is 193 g/mol. The third kappa shape index (κ3) is 2.80. The van der Waals surface area contributed by atoms with E-state index in [9.17, 15) is 10.1 Å². The molecule has 0 heterocycles. The first-order valence-electron chi connectivity index (χ1n) is 3.55. The lowest BCUT2D eigenvalue weighted by Crippen LogP contribution is -1.87. The second-order valence-electron chi connectivity index (χ2n) is 2.25. The first-order chi connectivity index (χ1) is 6.24. The lowest BCUT2D eigenvalue weighted by molar-refractivity contribution is -0.385. The van der Waals surface area contributed by atoms with E-state index in [2.05, 4.69) is 5.92 Å². The van der Waals surface area contributed by atoms with Gasteiger partial charge in [-0.1, -0.05) is 12.0 Å². The Balaban J connectivity index is 2.80. The summed E-state index contributed by atoms with van der Waals surface area (Å²) in [5.74, 6) is 2.99. The number of benzene rings is 1. The highest BCUT2D eigenvalue weighted by molar-refractivity contribution is 7.99. The Hall–Kier alpha value is -1.47. The van der Waals surface area contributed by atoms with Gasteiger partial charge in [0.15, 0.2) is 0 Å². The van der Waals surface area contributed by atoms with Gasteiger partial charge in [-0.15, -0.1) is 18.2 Å². The molecule has 1 aromatic rings. The molecule has 0 amide bonds. The molecule has 0 fully saturated rings. The zero-order chi connectivity index (χ0) is 9.68. The highest BCUT2D eigenvalue weighted by Gasteiger charge is 2.04. The molecule has 1 aromatic carbocycles. The molecule has 66 valence electrons. The third-order valence-corrected chi connectivity index (χ3v) is 2.25. The highest BCUT2D eigenvalue weighted by atomic mass is 32.2. The van der Waals surface area contributed by atoms with Crippen LogP contribution in [0, 0.1) is 22.5 Å². The molecule has 0 aliphatic heterocycles. The standard InChI is InChI=1S/C9H7NO2S/c1-2-6-13-9-5-3-4-8(7-9)10(11)12/h1,3-5,7H,6H2. The summed E-state index contributed by atoms with van der Waals surface area (Å²) in [5.41, 5.74) is 0.0991. The van der Waals surface area contributed by atoms with Gasteiger partial charge in [-0.3, -0.25) is 10.1 Å². The number of nitro benzene ring substituents is 1. The quantitative estimate of drug-likeness (QED) is 0.320. The smallest absolute Gasteiger partial charge is 0.258 e. The summed E-state index contributed by atoms with van der Waals surface area (Å²) in [6, 6.07) is 6.42. The van der Waals surface area contributed by atoms with E-state index >= 15 is 0 Å². The maximum absolute atomic E-state index is 10.4. The van der Waals surface area contributed by atoms with E-state index in [1.54, 1.807) is 12.1 Å². The van der Waals surface area contributed by atoms with Crippen LogP contribution in [-0.2, 0) is 0 Å². The zero-order valence-electron chi connectivity index (χ0n) is 6.77. The third-order valence-electron chi connectivity index (χ3n) is 1.35. The van der Waals surface area contributed by atoms with Crippen molar-refractivity contribution in [1.82, 2.24) is 0 Å². The van der Waals surface area contributed by atoms with Crippen molar-refractivity contribution >= 4 is 17.4 Å². The van der Waals surface area contributed by atoms with Gasteiger partial charge in [0.1, 0.15) is 0 Å². The molecule has 13 heavy (non-hydrogen) atoms. The van der Waals surface area contributed by atoms with E-state index in [0.717, 1.165) is 4.90 Å². The predicted octanol–water partition coefficient (Wildman–Crippen LogP) is 2.32. The van der Waals surface area contributed by atoms with Gasteiger partial charge in [0.2, 0.25) is 0 Å². The number of hydrogen-bond donors (Lipinski definition) is 0. The minimum atomic E-state index is -0.417. The average molecular weight is 193 g/mol. The molecular formula is C9H7NO2S. The fraction of sp³-hybridized carbons (Fsp3) is 0.111. The van der Waals surface area contributed by atoms with E-state index in [4.69, 9.17) is 6.42 Å². The van der Waals surface area contributed by atoms with Gasteiger partial charge in [0, 0.05) is 17.0 Å². The molecule has 0 spiro atoms. The van der Waals surface area contributed by atoms with Crippen LogP contribution in [-0.4, -0.2) is 10.7 Å². The molecule has 1 rings (SSSR count). The Morgan fingerprint density at radius 1 is 1.62 bits per heavy atom. The minimum Gasteiger partial charge on any atom is -0.258 e. The second-order valence-corrected chi connectivity index (χ2v) is 3.30. The molecule has 0 N–H and O–H groups in total. The lowest BCUT2D eigenvalue weighted by atomic mass is 10.3. The fourth-order valence-corrected chi connectivity index (χ4v) is 1.44. The van der Waals surface area contributed by atoms with Crippen LogP contribution in [0.5, 0.6) is 0 Å². The fourth-order valence-electron chi connectivity index (χ4n) is 0.812. The van der Waals surface area contributed by atoms with Gasteiger partial charge in [-0.25, -0.2) is 0 Å². The normalized spacial score (nSPS) is 9.15. The van der Waals surface area contributed by atoms with E-state index in [-0.39, 0.29) is 5.69 Å². The molecule has 0 saturated heterocycles. The highest BCUT2D eigenvalue weighted by Crippen LogP contribution is 2.22.